The molecule has 0 saturated carbocycles. The molecule has 234 valence electrons. The highest BCUT2D eigenvalue weighted by molar-refractivity contribution is 6.14. The van der Waals surface area contributed by atoms with Crippen molar-refractivity contribution in [3.63, 3.8) is 0 Å². The van der Waals surface area contributed by atoms with Crippen molar-refractivity contribution in [3.05, 3.63) is 188 Å². The molecule has 50 heavy (non-hydrogen) atoms. The number of hydrogen-bond donors (Lipinski definition) is 0. The maximum Gasteiger partial charge on any atom is 0.159 e. The molecule has 1 aromatic heterocycles. The van der Waals surface area contributed by atoms with Crippen LogP contribution in [-0.4, -0.2) is 0 Å². The van der Waals surface area contributed by atoms with Crippen LogP contribution in [0.2, 0.25) is 0 Å². The second-order valence-electron chi connectivity index (χ2n) is 12.9. The van der Waals surface area contributed by atoms with Crippen LogP contribution in [0.3, 0.4) is 0 Å². The van der Waals surface area contributed by atoms with Gasteiger partial charge < -0.3 is 9.32 Å². The molecule has 0 unspecified atom stereocenters. The van der Waals surface area contributed by atoms with E-state index in [0.29, 0.717) is 0 Å². The predicted octanol–water partition coefficient (Wildman–Crippen LogP) is 13.8. The maximum absolute atomic E-state index is 6.59. The molecule has 0 N–H and O–H groups in total. The molecule has 0 aliphatic rings. The van der Waals surface area contributed by atoms with Crippen LogP contribution in [0, 0.1) is 0 Å². The van der Waals surface area contributed by atoms with Crippen LogP contribution >= 0.6 is 0 Å². The molecule has 2 nitrogen and oxygen atoms in total. The van der Waals surface area contributed by atoms with Gasteiger partial charge in [0.25, 0.3) is 0 Å². The lowest BCUT2D eigenvalue weighted by Crippen LogP contribution is -2.10. The molecule has 0 fully saturated rings. The Balaban J connectivity index is 1.13. The van der Waals surface area contributed by atoms with Crippen molar-refractivity contribution in [1.29, 1.82) is 0 Å². The minimum atomic E-state index is 0.872. The van der Waals surface area contributed by atoms with Crippen molar-refractivity contribution in [1.82, 2.24) is 0 Å². The number of nitrogens with zero attached hydrogens (tertiary/aromatic N) is 1. The van der Waals surface area contributed by atoms with E-state index in [2.05, 4.69) is 181 Å². The van der Waals surface area contributed by atoms with Gasteiger partial charge in [-0.2, -0.15) is 0 Å². The first-order valence-electron chi connectivity index (χ1n) is 17.1. The van der Waals surface area contributed by atoms with Gasteiger partial charge in [0, 0.05) is 22.1 Å². The average molecular weight is 638 g/mol. The lowest BCUT2D eigenvalue weighted by atomic mass is 9.93. The normalized spacial score (nSPS) is 11.6. The highest BCUT2D eigenvalue weighted by atomic mass is 16.3. The second kappa shape index (κ2) is 11.5. The predicted molar refractivity (Wildman–Crippen MR) is 212 cm³/mol. The quantitative estimate of drug-likeness (QED) is 0.175. The van der Waals surface area contributed by atoms with E-state index in [-0.39, 0.29) is 0 Å². The lowest BCUT2D eigenvalue weighted by molar-refractivity contribution is 0.669. The van der Waals surface area contributed by atoms with Crippen molar-refractivity contribution in [2.45, 2.75) is 0 Å². The summed E-state index contributed by atoms with van der Waals surface area (Å²) in [6, 6.07) is 67.4. The number of rotatable bonds is 5. The molecule has 0 aliphatic carbocycles. The minimum Gasteiger partial charge on any atom is -0.454 e. The fourth-order valence-electron chi connectivity index (χ4n) is 7.69. The Morgan fingerprint density at radius 1 is 0.340 bits per heavy atom. The van der Waals surface area contributed by atoms with Crippen LogP contribution in [-0.2, 0) is 0 Å². The fourth-order valence-corrected chi connectivity index (χ4v) is 7.69. The molecule has 0 bridgehead atoms. The zero-order valence-electron chi connectivity index (χ0n) is 27.3. The number of hydrogen-bond acceptors (Lipinski definition) is 2. The molecular weight excluding hydrogens is 607 g/mol. The van der Waals surface area contributed by atoms with Crippen LogP contribution in [0.1, 0.15) is 0 Å². The molecular formula is C48H31NO. The van der Waals surface area contributed by atoms with Crippen molar-refractivity contribution in [2.75, 3.05) is 4.90 Å². The van der Waals surface area contributed by atoms with Crippen molar-refractivity contribution in [2.24, 2.45) is 0 Å². The van der Waals surface area contributed by atoms with Crippen molar-refractivity contribution >= 4 is 71.3 Å². The molecule has 2 heteroatoms. The van der Waals surface area contributed by atoms with Gasteiger partial charge in [-0.05, 0) is 97.0 Å². The first-order chi connectivity index (χ1) is 24.8. The Hall–Kier alpha value is -6.64. The van der Waals surface area contributed by atoms with Crippen LogP contribution < -0.4 is 4.90 Å². The van der Waals surface area contributed by atoms with E-state index >= 15 is 0 Å². The third-order valence-corrected chi connectivity index (χ3v) is 10.1. The Morgan fingerprint density at radius 3 is 1.64 bits per heavy atom. The van der Waals surface area contributed by atoms with Gasteiger partial charge in [-0.1, -0.05) is 146 Å². The molecule has 0 radical (unpaired) electrons. The molecule has 10 rings (SSSR count). The smallest absolute Gasteiger partial charge is 0.159 e. The first-order valence-corrected chi connectivity index (χ1v) is 17.1. The molecule has 0 atom stereocenters. The van der Waals surface area contributed by atoms with E-state index in [0.717, 1.165) is 39.0 Å². The van der Waals surface area contributed by atoms with E-state index in [9.17, 15) is 0 Å². The number of benzene rings is 9. The van der Waals surface area contributed by atoms with Crippen molar-refractivity contribution < 1.29 is 4.42 Å². The summed E-state index contributed by atoms with van der Waals surface area (Å²) in [6.07, 6.45) is 0. The van der Waals surface area contributed by atoms with Gasteiger partial charge in [0.1, 0.15) is 5.58 Å². The second-order valence-corrected chi connectivity index (χ2v) is 12.9. The molecule has 0 saturated heterocycles. The Labute approximate surface area is 290 Å². The first kappa shape index (κ1) is 28.4. The van der Waals surface area contributed by atoms with E-state index < -0.39 is 0 Å². The van der Waals surface area contributed by atoms with E-state index in [1.807, 2.05) is 12.1 Å². The standard InChI is InChI=1S/C48H31NO/c1-3-14-38-32(11-1)13-9-19-39(38)33-23-27-36(28-24-33)49(46-21-10-20-44-43-18-7-8-22-47(43)50-48(44)46)37-29-25-34(26-30-37)45-31-35-12-2-4-15-40(35)41-16-5-6-17-42(41)45/h1-31H. The molecule has 10 aromatic rings. The highest BCUT2D eigenvalue weighted by Crippen LogP contribution is 2.44. The summed E-state index contributed by atoms with van der Waals surface area (Å²) in [6.45, 7) is 0. The monoisotopic (exact) mass is 637 g/mol. The van der Waals surface area contributed by atoms with Gasteiger partial charge in [0.05, 0.1) is 5.69 Å². The lowest BCUT2D eigenvalue weighted by Gasteiger charge is -2.26. The Morgan fingerprint density at radius 2 is 0.880 bits per heavy atom. The average Bonchev–Trinajstić information content (AvgIpc) is 3.58. The number of para-hydroxylation sites is 2. The van der Waals surface area contributed by atoms with Gasteiger partial charge in [-0.25, -0.2) is 0 Å². The molecule has 1 heterocycles. The van der Waals surface area contributed by atoms with Gasteiger partial charge in [-0.15, -0.1) is 0 Å². The largest absolute Gasteiger partial charge is 0.454 e. The molecule has 9 aromatic carbocycles. The summed E-state index contributed by atoms with van der Waals surface area (Å²) in [5, 5.41) is 9.77. The van der Waals surface area contributed by atoms with Crippen LogP contribution in [0.4, 0.5) is 17.1 Å². The molecule has 0 amide bonds. The summed E-state index contributed by atoms with van der Waals surface area (Å²) in [5.41, 5.74) is 9.71. The third kappa shape index (κ3) is 4.57. The van der Waals surface area contributed by atoms with Crippen LogP contribution in [0.15, 0.2) is 192 Å². The van der Waals surface area contributed by atoms with Crippen LogP contribution in [0.5, 0.6) is 0 Å². The SMILES string of the molecule is c1ccc2c(-c3ccc(N(c4ccc(-c5cc6ccccc6c6ccccc56)cc4)c4cccc5c4oc4ccccc45)cc3)cccc2c1. The summed E-state index contributed by atoms with van der Waals surface area (Å²) in [4.78, 5) is 2.32. The number of furan rings is 1. The summed E-state index contributed by atoms with van der Waals surface area (Å²) in [7, 11) is 0. The van der Waals surface area contributed by atoms with Gasteiger partial charge in [0.2, 0.25) is 0 Å². The van der Waals surface area contributed by atoms with Gasteiger partial charge in [0.15, 0.2) is 5.58 Å². The summed E-state index contributed by atoms with van der Waals surface area (Å²) in [5.74, 6) is 0. The highest BCUT2D eigenvalue weighted by Gasteiger charge is 2.20. The third-order valence-electron chi connectivity index (χ3n) is 10.1. The zero-order valence-corrected chi connectivity index (χ0v) is 27.3. The fraction of sp³-hybridized carbons (Fsp3) is 0. The van der Waals surface area contributed by atoms with Gasteiger partial charge >= 0.3 is 0 Å². The topological polar surface area (TPSA) is 16.4 Å². The summed E-state index contributed by atoms with van der Waals surface area (Å²) < 4.78 is 6.59. The molecule has 0 spiro atoms. The van der Waals surface area contributed by atoms with E-state index in [1.165, 1.54) is 54.6 Å². The minimum absolute atomic E-state index is 0.872. The number of fused-ring (bicyclic) bond motifs is 7. The van der Waals surface area contributed by atoms with Crippen molar-refractivity contribution in [3.8, 4) is 22.3 Å². The van der Waals surface area contributed by atoms with E-state index in [4.69, 9.17) is 4.42 Å². The summed E-state index contributed by atoms with van der Waals surface area (Å²) >= 11 is 0. The van der Waals surface area contributed by atoms with Crippen LogP contribution in [0.25, 0.3) is 76.5 Å². The maximum atomic E-state index is 6.59. The number of anilines is 3. The van der Waals surface area contributed by atoms with E-state index in [1.54, 1.807) is 0 Å². The molecule has 0 aliphatic heterocycles. The van der Waals surface area contributed by atoms with Gasteiger partial charge in [-0.3, -0.25) is 0 Å². The zero-order chi connectivity index (χ0) is 33.0. The Bertz CT molecular complexity index is 2860. The Kier molecular flexibility index (Phi) is 6.53.